The summed E-state index contributed by atoms with van der Waals surface area (Å²) in [7, 11) is 3.25. The molecule has 0 unspecified atom stereocenters. The van der Waals surface area contributed by atoms with E-state index in [1.165, 1.54) is 7.11 Å². The van der Waals surface area contributed by atoms with Crippen LogP contribution in [0.25, 0.3) is 0 Å². The van der Waals surface area contributed by atoms with E-state index in [0.29, 0.717) is 18.8 Å². The lowest BCUT2D eigenvalue weighted by Gasteiger charge is -2.00. The van der Waals surface area contributed by atoms with Gasteiger partial charge in [0.25, 0.3) is 0 Å². The Balaban J connectivity index is 1.83. The van der Waals surface area contributed by atoms with Gasteiger partial charge in [-0.05, 0) is 18.2 Å². The summed E-state index contributed by atoms with van der Waals surface area (Å²) in [6.07, 6.45) is 1.90. The van der Waals surface area contributed by atoms with E-state index in [9.17, 15) is 4.79 Å². The van der Waals surface area contributed by atoms with Gasteiger partial charge in [0.2, 0.25) is 0 Å². The van der Waals surface area contributed by atoms with Gasteiger partial charge in [-0.3, -0.25) is 4.68 Å². The fourth-order valence-corrected chi connectivity index (χ4v) is 1.66. The molecular weight excluding hydrogens is 232 g/mol. The average Bonchev–Trinajstić information content (AvgIpc) is 2.98. The number of hydrogen-bond donors (Lipinski definition) is 2. The first-order valence-corrected chi connectivity index (χ1v) is 5.64. The molecule has 0 amide bonds. The van der Waals surface area contributed by atoms with E-state index in [4.69, 9.17) is 0 Å². The van der Waals surface area contributed by atoms with Crippen molar-refractivity contribution >= 4 is 5.97 Å². The summed E-state index contributed by atoms with van der Waals surface area (Å²) < 4.78 is 6.39. The highest BCUT2D eigenvalue weighted by Crippen LogP contribution is 2.03. The van der Waals surface area contributed by atoms with E-state index in [-0.39, 0.29) is 5.97 Å². The molecule has 2 rings (SSSR count). The molecule has 6 nitrogen and oxygen atoms in total. The van der Waals surface area contributed by atoms with Crippen LogP contribution in [-0.2, 0) is 24.9 Å². The third-order valence-electron chi connectivity index (χ3n) is 2.54. The fourth-order valence-electron chi connectivity index (χ4n) is 1.66. The van der Waals surface area contributed by atoms with Gasteiger partial charge >= 0.3 is 5.97 Å². The molecule has 0 radical (unpaired) electrons. The van der Waals surface area contributed by atoms with Crippen LogP contribution >= 0.6 is 0 Å². The van der Waals surface area contributed by atoms with Crippen LogP contribution in [0.1, 0.15) is 21.9 Å². The molecule has 0 fully saturated rings. The third kappa shape index (κ3) is 2.98. The topological polar surface area (TPSA) is 71.9 Å². The molecule has 2 heterocycles. The molecule has 0 aliphatic heterocycles. The first kappa shape index (κ1) is 12.4. The second-order valence-corrected chi connectivity index (χ2v) is 3.97. The van der Waals surface area contributed by atoms with Gasteiger partial charge in [0.1, 0.15) is 5.69 Å². The smallest absolute Gasteiger partial charge is 0.354 e. The summed E-state index contributed by atoms with van der Waals surface area (Å²) in [5, 5.41) is 7.50. The summed E-state index contributed by atoms with van der Waals surface area (Å²) in [6.45, 7) is 1.33. The number of nitrogens with one attached hydrogen (secondary N) is 2. The van der Waals surface area contributed by atoms with Gasteiger partial charge in [0.15, 0.2) is 0 Å². The van der Waals surface area contributed by atoms with Crippen LogP contribution in [0, 0.1) is 0 Å². The highest BCUT2D eigenvalue weighted by Gasteiger charge is 2.07. The number of carbonyl (C=O) groups is 1. The fraction of sp³-hybridized carbons (Fsp3) is 0.333. The SMILES string of the molecule is COC(=O)c1ccc(CNCc2ccn(C)n2)[nH]1. The van der Waals surface area contributed by atoms with Crippen molar-refractivity contribution in [3.8, 4) is 0 Å². The normalized spacial score (nSPS) is 10.6. The molecule has 0 saturated carbocycles. The maximum atomic E-state index is 11.2. The van der Waals surface area contributed by atoms with E-state index >= 15 is 0 Å². The van der Waals surface area contributed by atoms with Crippen LogP contribution in [0.5, 0.6) is 0 Å². The zero-order valence-corrected chi connectivity index (χ0v) is 10.4. The minimum atomic E-state index is -0.356. The summed E-state index contributed by atoms with van der Waals surface area (Å²) in [6, 6.07) is 5.53. The lowest BCUT2D eigenvalue weighted by Crippen LogP contribution is -2.14. The molecule has 18 heavy (non-hydrogen) atoms. The Morgan fingerprint density at radius 2 is 2.28 bits per heavy atom. The quantitative estimate of drug-likeness (QED) is 0.769. The van der Waals surface area contributed by atoms with E-state index < -0.39 is 0 Å². The zero-order valence-electron chi connectivity index (χ0n) is 10.4. The van der Waals surface area contributed by atoms with Gasteiger partial charge < -0.3 is 15.0 Å². The van der Waals surface area contributed by atoms with Gasteiger partial charge in [0, 0.05) is 32.0 Å². The number of hydrogen-bond acceptors (Lipinski definition) is 4. The van der Waals surface area contributed by atoms with Crippen molar-refractivity contribution in [1.82, 2.24) is 20.1 Å². The summed E-state index contributed by atoms with van der Waals surface area (Å²) in [5.41, 5.74) is 2.38. The molecule has 2 N–H and O–H groups in total. The van der Waals surface area contributed by atoms with E-state index in [2.05, 4.69) is 20.1 Å². The number of nitrogens with zero attached hydrogens (tertiary/aromatic N) is 2. The predicted octanol–water partition coefficient (Wildman–Crippen LogP) is 0.825. The second-order valence-electron chi connectivity index (χ2n) is 3.97. The Morgan fingerprint density at radius 3 is 2.94 bits per heavy atom. The molecule has 0 aliphatic rings. The minimum Gasteiger partial charge on any atom is -0.464 e. The Labute approximate surface area is 105 Å². The molecule has 0 spiro atoms. The summed E-state index contributed by atoms with van der Waals surface area (Å²) in [5.74, 6) is -0.356. The van der Waals surface area contributed by atoms with Crippen molar-refractivity contribution in [1.29, 1.82) is 0 Å². The van der Waals surface area contributed by atoms with E-state index in [0.717, 1.165) is 11.4 Å². The molecule has 2 aromatic heterocycles. The maximum Gasteiger partial charge on any atom is 0.354 e. The molecule has 2 aromatic rings. The van der Waals surface area contributed by atoms with Gasteiger partial charge in [-0.25, -0.2) is 4.79 Å². The van der Waals surface area contributed by atoms with Crippen molar-refractivity contribution in [2.75, 3.05) is 7.11 Å². The number of carbonyl (C=O) groups excluding carboxylic acids is 1. The Morgan fingerprint density at radius 1 is 1.44 bits per heavy atom. The van der Waals surface area contributed by atoms with E-state index in [1.54, 1.807) is 10.7 Å². The maximum absolute atomic E-state index is 11.2. The Bertz CT molecular complexity index is 530. The number of aryl methyl sites for hydroxylation is 1. The first-order chi connectivity index (χ1) is 8.69. The van der Waals surface area contributed by atoms with Crippen molar-refractivity contribution in [2.24, 2.45) is 7.05 Å². The van der Waals surface area contributed by atoms with Crippen LogP contribution in [-0.4, -0.2) is 27.8 Å². The molecule has 0 saturated heterocycles. The average molecular weight is 248 g/mol. The number of rotatable bonds is 5. The van der Waals surface area contributed by atoms with Crippen molar-refractivity contribution in [3.05, 3.63) is 41.5 Å². The van der Waals surface area contributed by atoms with Gasteiger partial charge in [0.05, 0.1) is 12.8 Å². The lowest BCUT2D eigenvalue weighted by atomic mass is 10.4. The molecule has 0 bridgehead atoms. The molecular formula is C12H16N4O2. The largest absolute Gasteiger partial charge is 0.464 e. The molecule has 0 aromatic carbocycles. The Kier molecular flexibility index (Phi) is 3.78. The number of H-pyrrole nitrogens is 1. The standard InChI is InChI=1S/C12H16N4O2/c1-16-6-5-10(15-16)8-13-7-9-3-4-11(14-9)12(17)18-2/h3-6,13-14H,7-8H2,1-2H3. The van der Waals surface area contributed by atoms with Crippen molar-refractivity contribution in [3.63, 3.8) is 0 Å². The predicted molar refractivity (Wildman–Crippen MR) is 65.9 cm³/mol. The van der Waals surface area contributed by atoms with Gasteiger partial charge in [-0.2, -0.15) is 5.10 Å². The number of aromatic amines is 1. The minimum absolute atomic E-state index is 0.356. The van der Waals surface area contributed by atoms with Crippen LogP contribution in [0.4, 0.5) is 0 Å². The van der Waals surface area contributed by atoms with Crippen LogP contribution in [0.2, 0.25) is 0 Å². The van der Waals surface area contributed by atoms with Crippen LogP contribution in [0.15, 0.2) is 24.4 Å². The number of ether oxygens (including phenoxy) is 1. The summed E-state index contributed by atoms with van der Waals surface area (Å²) in [4.78, 5) is 14.2. The number of aromatic nitrogens is 3. The highest BCUT2D eigenvalue weighted by atomic mass is 16.5. The first-order valence-electron chi connectivity index (χ1n) is 5.64. The zero-order chi connectivity index (χ0) is 13.0. The van der Waals surface area contributed by atoms with Crippen molar-refractivity contribution in [2.45, 2.75) is 13.1 Å². The Hall–Kier alpha value is -2.08. The molecule has 0 atom stereocenters. The molecule has 96 valence electrons. The monoisotopic (exact) mass is 248 g/mol. The van der Waals surface area contributed by atoms with Gasteiger partial charge in [-0.1, -0.05) is 0 Å². The second kappa shape index (κ2) is 5.50. The third-order valence-corrected chi connectivity index (χ3v) is 2.54. The summed E-state index contributed by atoms with van der Waals surface area (Å²) >= 11 is 0. The van der Waals surface area contributed by atoms with E-state index in [1.807, 2.05) is 25.4 Å². The van der Waals surface area contributed by atoms with Crippen LogP contribution < -0.4 is 5.32 Å². The van der Waals surface area contributed by atoms with Crippen LogP contribution in [0.3, 0.4) is 0 Å². The molecule has 6 heteroatoms. The van der Waals surface area contributed by atoms with Crippen molar-refractivity contribution < 1.29 is 9.53 Å². The number of esters is 1. The lowest BCUT2D eigenvalue weighted by molar-refractivity contribution is 0.0594. The van der Waals surface area contributed by atoms with Gasteiger partial charge in [-0.15, -0.1) is 0 Å². The molecule has 0 aliphatic carbocycles. The highest BCUT2D eigenvalue weighted by molar-refractivity contribution is 5.87. The number of methoxy groups -OCH3 is 1.